The van der Waals surface area contributed by atoms with E-state index in [4.69, 9.17) is 0 Å². The normalized spacial score (nSPS) is 12.2. The van der Waals surface area contributed by atoms with Crippen molar-refractivity contribution in [3.8, 4) is 0 Å². The number of nitrogens with zero attached hydrogens (tertiary/aromatic N) is 1. The third-order valence-corrected chi connectivity index (χ3v) is 1.99. The van der Waals surface area contributed by atoms with E-state index in [9.17, 15) is 0 Å². The van der Waals surface area contributed by atoms with Crippen LogP contribution in [0.25, 0.3) is 0 Å². The molecule has 0 radical (unpaired) electrons. The van der Waals surface area contributed by atoms with E-state index in [1.807, 2.05) is 5.55 Å². The van der Waals surface area contributed by atoms with Crippen molar-refractivity contribution in [2.75, 3.05) is 5.75 Å². The van der Waals surface area contributed by atoms with Crippen molar-refractivity contribution >= 4 is 17.3 Å². The molecular weight excluding hydrogens is 142 g/mol. The van der Waals surface area contributed by atoms with Gasteiger partial charge in [-0.25, -0.2) is 0 Å². The van der Waals surface area contributed by atoms with Crippen LogP contribution >= 0.6 is 11.8 Å². The molecule has 0 amide bonds. The minimum Gasteiger partial charge on any atom is -0.284 e. The average Bonchev–Trinajstić information content (AvgIpc) is 1.79. The summed E-state index contributed by atoms with van der Waals surface area (Å²) >= 11 is 1.80. The van der Waals surface area contributed by atoms with Gasteiger partial charge in [0.25, 0.3) is 0 Å². The molecule has 1 nitrogen and oxygen atoms in total. The molecule has 0 atom stereocenters. The SMILES string of the molecule is CC(C)CS/C=N\C(C)C. The number of hydrogen-bond donors (Lipinski definition) is 0. The summed E-state index contributed by atoms with van der Waals surface area (Å²) in [6, 6.07) is 0.444. The van der Waals surface area contributed by atoms with Crippen LogP contribution in [0, 0.1) is 5.92 Å². The molecule has 0 saturated heterocycles. The van der Waals surface area contributed by atoms with Gasteiger partial charge in [-0.2, -0.15) is 0 Å². The van der Waals surface area contributed by atoms with E-state index >= 15 is 0 Å². The molecule has 0 fully saturated rings. The molecule has 0 aromatic rings. The minimum atomic E-state index is 0.444. The number of thioether (sulfide) groups is 1. The molecule has 0 aliphatic rings. The summed E-state index contributed by atoms with van der Waals surface area (Å²) in [5.74, 6) is 1.94. The Kier molecular flexibility index (Phi) is 5.79. The van der Waals surface area contributed by atoms with E-state index in [-0.39, 0.29) is 0 Å². The van der Waals surface area contributed by atoms with E-state index in [1.165, 1.54) is 5.75 Å². The Bertz CT molecular complexity index is 97.4. The molecule has 0 bridgehead atoms. The fraction of sp³-hybridized carbons (Fsp3) is 0.875. The first-order valence-corrected chi connectivity index (χ1v) is 4.81. The van der Waals surface area contributed by atoms with E-state index in [0.29, 0.717) is 6.04 Å². The molecule has 0 saturated carbocycles. The topological polar surface area (TPSA) is 12.4 Å². The average molecular weight is 159 g/mol. The second-order valence-electron chi connectivity index (χ2n) is 3.08. The quantitative estimate of drug-likeness (QED) is 0.454. The highest BCUT2D eigenvalue weighted by molar-refractivity contribution is 8.12. The van der Waals surface area contributed by atoms with Crippen LogP contribution in [-0.2, 0) is 0 Å². The zero-order valence-electron chi connectivity index (χ0n) is 7.29. The van der Waals surface area contributed by atoms with Gasteiger partial charge in [0.2, 0.25) is 0 Å². The van der Waals surface area contributed by atoms with Crippen LogP contribution in [0.15, 0.2) is 4.99 Å². The number of hydrogen-bond acceptors (Lipinski definition) is 2. The Morgan fingerprint density at radius 3 is 2.30 bits per heavy atom. The van der Waals surface area contributed by atoms with Gasteiger partial charge >= 0.3 is 0 Å². The summed E-state index contributed by atoms with van der Waals surface area (Å²) in [7, 11) is 0. The zero-order chi connectivity index (χ0) is 7.98. The van der Waals surface area contributed by atoms with Crippen molar-refractivity contribution < 1.29 is 0 Å². The van der Waals surface area contributed by atoms with Gasteiger partial charge in [-0.05, 0) is 19.8 Å². The maximum absolute atomic E-state index is 4.23. The van der Waals surface area contributed by atoms with Crippen molar-refractivity contribution in [2.45, 2.75) is 33.7 Å². The summed E-state index contributed by atoms with van der Waals surface area (Å²) < 4.78 is 0. The van der Waals surface area contributed by atoms with Crippen molar-refractivity contribution in [1.82, 2.24) is 0 Å². The molecule has 0 unspecified atom stereocenters. The molecule has 0 heterocycles. The van der Waals surface area contributed by atoms with Crippen LogP contribution in [0.4, 0.5) is 0 Å². The van der Waals surface area contributed by atoms with Gasteiger partial charge in [0, 0.05) is 11.8 Å². The lowest BCUT2D eigenvalue weighted by molar-refractivity contribution is 0.752. The highest BCUT2D eigenvalue weighted by Gasteiger charge is 1.90. The summed E-state index contributed by atoms with van der Waals surface area (Å²) in [5.41, 5.74) is 1.96. The molecule has 10 heavy (non-hydrogen) atoms. The summed E-state index contributed by atoms with van der Waals surface area (Å²) in [5, 5.41) is 0. The number of aliphatic imine (C=N–C) groups is 1. The fourth-order valence-corrected chi connectivity index (χ4v) is 1.20. The fourth-order valence-electron chi connectivity index (χ4n) is 0.400. The molecular formula is C8H17NS. The van der Waals surface area contributed by atoms with E-state index in [2.05, 4.69) is 32.7 Å². The predicted molar refractivity (Wildman–Crippen MR) is 50.9 cm³/mol. The zero-order valence-corrected chi connectivity index (χ0v) is 8.11. The smallest absolute Gasteiger partial charge is 0.0544 e. The second-order valence-corrected chi connectivity index (χ2v) is 3.95. The molecule has 0 aromatic heterocycles. The first-order valence-electron chi connectivity index (χ1n) is 3.76. The highest BCUT2D eigenvalue weighted by Crippen LogP contribution is 2.04. The van der Waals surface area contributed by atoms with Crippen LogP contribution in [0.5, 0.6) is 0 Å². The van der Waals surface area contributed by atoms with Crippen LogP contribution in [0.2, 0.25) is 0 Å². The van der Waals surface area contributed by atoms with E-state index in [1.54, 1.807) is 11.8 Å². The summed E-state index contributed by atoms with van der Waals surface area (Å²) in [6.45, 7) is 8.62. The number of rotatable bonds is 4. The summed E-state index contributed by atoms with van der Waals surface area (Å²) in [6.07, 6.45) is 0. The lowest BCUT2D eigenvalue weighted by Gasteiger charge is -1.99. The van der Waals surface area contributed by atoms with Crippen molar-refractivity contribution in [2.24, 2.45) is 10.9 Å². The Balaban J connectivity index is 3.19. The standard InChI is InChI=1S/C8H17NS/c1-7(2)5-10-6-9-8(3)4/h6-8H,5H2,1-4H3/b9-6-. The third-order valence-electron chi connectivity index (χ3n) is 0.863. The van der Waals surface area contributed by atoms with Gasteiger partial charge in [-0.3, -0.25) is 4.99 Å². The van der Waals surface area contributed by atoms with Gasteiger partial charge in [0.05, 0.1) is 5.55 Å². The van der Waals surface area contributed by atoms with Gasteiger partial charge in [-0.15, -0.1) is 11.8 Å². The lowest BCUT2D eigenvalue weighted by Crippen LogP contribution is -1.91. The van der Waals surface area contributed by atoms with Gasteiger partial charge in [0.1, 0.15) is 0 Å². The Labute approximate surface area is 68.3 Å². The van der Waals surface area contributed by atoms with Gasteiger partial charge in [0.15, 0.2) is 0 Å². The maximum Gasteiger partial charge on any atom is 0.0544 e. The first kappa shape index (κ1) is 10.0. The predicted octanol–water partition coefficient (Wildman–Crippen LogP) is 2.81. The van der Waals surface area contributed by atoms with Crippen LogP contribution in [-0.4, -0.2) is 17.3 Å². The van der Waals surface area contributed by atoms with E-state index in [0.717, 1.165) is 5.92 Å². The maximum atomic E-state index is 4.23. The molecule has 0 spiro atoms. The molecule has 0 rings (SSSR count). The largest absolute Gasteiger partial charge is 0.284 e. The monoisotopic (exact) mass is 159 g/mol. The molecule has 0 aromatic carbocycles. The van der Waals surface area contributed by atoms with Crippen LogP contribution < -0.4 is 0 Å². The molecule has 0 aliphatic heterocycles. The third kappa shape index (κ3) is 8.02. The summed E-state index contributed by atoms with van der Waals surface area (Å²) in [4.78, 5) is 4.23. The molecule has 2 heteroatoms. The highest BCUT2D eigenvalue weighted by atomic mass is 32.2. The van der Waals surface area contributed by atoms with Gasteiger partial charge in [-0.1, -0.05) is 13.8 Å². The molecule has 0 aliphatic carbocycles. The Hall–Kier alpha value is 0.0200. The molecule has 0 N–H and O–H groups in total. The van der Waals surface area contributed by atoms with Gasteiger partial charge < -0.3 is 0 Å². The minimum absolute atomic E-state index is 0.444. The molecule has 60 valence electrons. The second kappa shape index (κ2) is 5.78. The lowest BCUT2D eigenvalue weighted by atomic mass is 10.3. The first-order chi connectivity index (χ1) is 4.63. The van der Waals surface area contributed by atoms with E-state index < -0.39 is 0 Å². The van der Waals surface area contributed by atoms with Crippen molar-refractivity contribution in [1.29, 1.82) is 0 Å². The van der Waals surface area contributed by atoms with Crippen LogP contribution in [0.3, 0.4) is 0 Å². The van der Waals surface area contributed by atoms with Crippen LogP contribution in [0.1, 0.15) is 27.7 Å². The van der Waals surface area contributed by atoms with Crippen molar-refractivity contribution in [3.63, 3.8) is 0 Å². The Morgan fingerprint density at radius 2 is 1.90 bits per heavy atom. The van der Waals surface area contributed by atoms with Crippen molar-refractivity contribution in [3.05, 3.63) is 0 Å². The Morgan fingerprint density at radius 1 is 1.30 bits per heavy atom.